The molecule has 0 fully saturated rings. The van der Waals surface area contributed by atoms with Gasteiger partial charge in [0.1, 0.15) is 5.82 Å². The zero-order valence-electron chi connectivity index (χ0n) is 6.13. The standard InChI is InChI=1S/C7H7FN.Cs/c1-9-7-4-2-3-6(8)5-7;/h2-5H,1H3;/q-1;+1. The van der Waals surface area contributed by atoms with E-state index in [0.717, 1.165) is 0 Å². The molecule has 1 nitrogen and oxygen atoms in total. The fourth-order valence-corrected chi connectivity index (χ4v) is 0.615. The van der Waals surface area contributed by atoms with Crippen LogP contribution in [-0.4, -0.2) is 7.05 Å². The molecule has 0 amide bonds. The van der Waals surface area contributed by atoms with E-state index >= 15 is 0 Å². The van der Waals surface area contributed by atoms with Crippen LogP contribution in [0, 0.1) is 5.82 Å². The number of rotatable bonds is 1. The number of hydrogen-bond acceptors (Lipinski definition) is 0. The molecule has 0 aliphatic heterocycles. The minimum absolute atomic E-state index is 0. The number of hydrogen-bond donors (Lipinski definition) is 0. The van der Waals surface area contributed by atoms with Gasteiger partial charge >= 0.3 is 68.9 Å². The van der Waals surface area contributed by atoms with Gasteiger partial charge in [-0.25, -0.2) is 4.39 Å². The predicted molar refractivity (Wildman–Crippen MR) is 35.3 cm³/mol. The monoisotopic (exact) mass is 257 g/mol. The summed E-state index contributed by atoms with van der Waals surface area (Å²) in [6.45, 7) is 0. The van der Waals surface area contributed by atoms with E-state index in [4.69, 9.17) is 0 Å². The van der Waals surface area contributed by atoms with Crippen molar-refractivity contribution >= 4 is 5.69 Å². The van der Waals surface area contributed by atoms with Crippen molar-refractivity contribution in [2.75, 3.05) is 7.05 Å². The van der Waals surface area contributed by atoms with Gasteiger partial charge in [0.05, 0.1) is 0 Å². The van der Waals surface area contributed by atoms with Crippen molar-refractivity contribution < 1.29 is 73.3 Å². The summed E-state index contributed by atoms with van der Waals surface area (Å²) in [5.41, 5.74) is 0.676. The van der Waals surface area contributed by atoms with Crippen LogP contribution >= 0.6 is 0 Å². The second kappa shape index (κ2) is 5.63. The Morgan fingerprint density at radius 1 is 1.40 bits per heavy atom. The molecule has 0 spiro atoms. The van der Waals surface area contributed by atoms with Gasteiger partial charge in [-0.1, -0.05) is 12.1 Å². The molecule has 3 heteroatoms. The fourth-order valence-electron chi connectivity index (χ4n) is 0.615. The minimum Gasteiger partial charge on any atom is -0.687 e. The van der Waals surface area contributed by atoms with E-state index in [1.807, 2.05) is 0 Å². The molecule has 1 aromatic rings. The molecule has 0 radical (unpaired) electrons. The van der Waals surface area contributed by atoms with Gasteiger partial charge in [-0.15, -0.1) is 12.7 Å². The van der Waals surface area contributed by atoms with Crippen LogP contribution in [0.1, 0.15) is 0 Å². The normalized spacial score (nSPS) is 8.20. The Labute approximate surface area is 119 Å². The third-order valence-corrected chi connectivity index (χ3v) is 1.07. The third-order valence-electron chi connectivity index (χ3n) is 1.07. The molecular weight excluding hydrogens is 250 g/mol. The summed E-state index contributed by atoms with van der Waals surface area (Å²) in [6.07, 6.45) is 0. The maximum Gasteiger partial charge on any atom is 1.00 e. The molecule has 10 heavy (non-hydrogen) atoms. The van der Waals surface area contributed by atoms with Crippen molar-refractivity contribution in [2.45, 2.75) is 0 Å². The Bertz CT molecular complexity index is 203. The van der Waals surface area contributed by atoms with Gasteiger partial charge < -0.3 is 5.32 Å². The summed E-state index contributed by atoms with van der Waals surface area (Å²) >= 11 is 0. The van der Waals surface area contributed by atoms with E-state index in [1.54, 1.807) is 19.2 Å². The van der Waals surface area contributed by atoms with Crippen molar-refractivity contribution in [1.29, 1.82) is 0 Å². The Morgan fingerprint density at radius 3 is 2.50 bits per heavy atom. The second-order valence-corrected chi connectivity index (χ2v) is 1.70. The van der Waals surface area contributed by atoms with Gasteiger partial charge in [-0.2, -0.15) is 0 Å². The molecule has 0 unspecified atom stereocenters. The smallest absolute Gasteiger partial charge is 0.687 e. The molecule has 0 bridgehead atoms. The Hall–Kier alpha value is 1.00. The minimum atomic E-state index is -0.238. The van der Waals surface area contributed by atoms with Crippen molar-refractivity contribution in [2.24, 2.45) is 0 Å². The maximum atomic E-state index is 12.3. The molecule has 0 N–H and O–H groups in total. The van der Waals surface area contributed by atoms with Crippen LogP contribution < -0.4 is 68.9 Å². The van der Waals surface area contributed by atoms with Crippen molar-refractivity contribution in [3.63, 3.8) is 0 Å². The van der Waals surface area contributed by atoms with Crippen molar-refractivity contribution in [1.82, 2.24) is 0 Å². The molecule has 0 aliphatic carbocycles. The Kier molecular flexibility index (Phi) is 6.19. The SMILES string of the molecule is C[N-]c1cccc(F)c1.[Cs+]. The summed E-state index contributed by atoms with van der Waals surface area (Å²) in [6, 6.07) is 6.18. The fraction of sp³-hybridized carbons (Fsp3) is 0.143. The Morgan fingerprint density at radius 2 is 2.10 bits per heavy atom. The van der Waals surface area contributed by atoms with E-state index in [2.05, 4.69) is 5.32 Å². The van der Waals surface area contributed by atoms with Gasteiger partial charge in [-0.3, -0.25) is 0 Å². The van der Waals surface area contributed by atoms with Gasteiger partial charge in [0.25, 0.3) is 0 Å². The first-order chi connectivity index (χ1) is 4.33. The van der Waals surface area contributed by atoms with Crippen LogP contribution in [0.5, 0.6) is 0 Å². The molecular formula is C7H7CsFN. The van der Waals surface area contributed by atoms with Crippen LogP contribution in [0.15, 0.2) is 24.3 Å². The zero-order valence-corrected chi connectivity index (χ0v) is 12.4. The third kappa shape index (κ3) is 3.41. The van der Waals surface area contributed by atoms with Gasteiger partial charge in [0.2, 0.25) is 0 Å². The second-order valence-electron chi connectivity index (χ2n) is 1.70. The molecule has 0 heterocycles. The summed E-state index contributed by atoms with van der Waals surface area (Å²) in [5, 5.41) is 3.79. The molecule has 0 aliphatic rings. The molecule has 1 aromatic carbocycles. The first-order valence-corrected chi connectivity index (χ1v) is 2.68. The average Bonchev–Trinajstić information content (AvgIpc) is 1.88. The molecule has 1 rings (SSSR count). The van der Waals surface area contributed by atoms with E-state index in [1.165, 1.54) is 12.1 Å². The largest absolute Gasteiger partial charge is 1.00 e. The van der Waals surface area contributed by atoms with Gasteiger partial charge in [0.15, 0.2) is 0 Å². The van der Waals surface area contributed by atoms with Crippen LogP contribution in [0.25, 0.3) is 5.32 Å². The van der Waals surface area contributed by atoms with Crippen LogP contribution in [0.4, 0.5) is 10.1 Å². The van der Waals surface area contributed by atoms with E-state index < -0.39 is 0 Å². The van der Waals surface area contributed by atoms with Crippen LogP contribution in [-0.2, 0) is 0 Å². The predicted octanol–water partition coefficient (Wildman–Crippen LogP) is -0.535. The number of benzene rings is 1. The number of halogens is 1. The van der Waals surface area contributed by atoms with Crippen molar-refractivity contribution in [3.8, 4) is 0 Å². The molecule has 0 aromatic heterocycles. The molecule has 48 valence electrons. The molecule has 0 saturated carbocycles. The summed E-state index contributed by atoms with van der Waals surface area (Å²) < 4.78 is 12.3. The summed E-state index contributed by atoms with van der Waals surface area (Å²) in [5.74, 6) is -0.238. The first kappa shape index (κ1) is 11.0. The van der Waals surface area contributed by atoms with Crippen molar-refractivity contribution in [3.05, 3.63) is 35.4 Å². The van der Waals surface area contributed by atoms with E-state index in [9.17, 15) is 4.39 Å². The zero-order chi connectivity index (χ0) is 6.69. The average molecular weight is 257 g/mol. The topological polar surface area (TPSA) is 14.1 Å². The van der Waals surface area contributed by atoms with E-state index in [0.29, 0.717) is 5.69 Å². The van der Waals surface area contributed by atoms with Gasteiger partial charge in [-0.05, 0) is 12.1 Å². The van der Waals surface area contributed by atoms with Crippen LogP contribution in [0.2, 0.25) is 0 Å². The summed E-state index contributed by atoms with van der Waals surface area (Å²) in [4.78, 5) is 0. The van der Waals surface area contributed by atoms with E-state index in [-0.39, 0.29) is 74.7 Å². The summed E-state index contributed by atoms with van der Waals surface area (Å²) in [7, 11) is 1.63. The van der Waals surface area contributed by atoms with Gasteiger partial charge in [0, 0.05) is 0 Å². The number of nitrogens with zero attached hydrogens (tertiary/aromatic N) is 1. The molecule has 0 atom stereocenters. The quantitative estimate of drug-likeness (QED) is 0.642. The first-order valence-electron chi connectivity index (χ1n) is 2.68. The Balaban J connectivity index is 0.000000810. The van der Waals surface area contributed by atoms with Crippen LogP contribution in [0.3, 0.4) is 0 Å². The molecule has 0 saturated heterocycles. The maximum absolute atomic E-state index is 12.3.